The van der Waals surface area contributed by atoms with E-state index in [0.717, 1.165) is 16.7 Å². The molecule has 164 valence electrons. The average molecular weight is 424 g/mol. The van der Waals surface area contributed by atoms with Gasteiger partial charge in [-0.1, -0.05) is 68.4 Å². The Labute approximate surface area is 182 Å². The maximum atomic E-state index is 13.1. The Morgan fingerprint density at radius 1 is 1.06 bits per heavy atom. The highest BCUT2D eigenvalue weighted by atomic mass is 16.6. The Hall–Kier alpha value is -3.35. The van der Waals surface area contributed by atoms with Gasteiger partial charge in [0.1, 0.15) is 18.7 Å². The van der Waals surface area contributed by atoms with Gasteiger partial charge in [0.15, 0.2) is 0 Å². The Morgan fingerprint density at radius 2 is 1.71 bits per heavy atom. The van der Waals surface area contributed by atoms with Crippen molar-refractivity contribution in [2.45, 2.75) is 51.9 Å². The van der Waals surface area contributed by atoms with Crippen LogP contribution in [0.2, 0.25) is 0 Å². The standard InChI is InChI=1S/C24H28N2O5/c1-16(2)12-20(23(28)29)25-22(27)21-13-18-10-6-7-11-19(18)14-26(21)24(30)31-15-17-8-4-3-5-9-17/h3-11,16,20-21H,12-15H2,1-2H3,(H,25,27)(H,28,29)/t20-,21-/m0/s1. The molecule has 0 radical (unpaired) electrons. The van der Waals surface area contributed by atoms with Gasteiger partial charge >= 0.3 is 12.1 Å². The third kappa shape index (κ3) is 5.84. The quantitative estimate of drug-likeness (QED) is 0.711. The van der Waals surface area contributed by atoms with Crippen LogP contribution in [0.25, 0.3) is 0 Å². The minimum Gasteiger partial charge on any atom is -0.480 e. The van der Waals surface area contributed by atoms with Crippen LogP contribution in [0.3, 0.4) is 0 Å². The first-order chi connectivity index (χ1) is 14.8. The first-order valence-corrected chi connectivity index (χ1v) is 10.4. The summed E-state index contributed by atoms with van der Waals surface area (Å²) in [5.74, 6) is -1.48. The minimum atomic E-state index is -1.09. The molecular weight excluding hydrogens is 396 g/mol. The van der Waals surface area contributed by atoms with Gasteiger partial charge in [-0.2, -0.15) is 0 Å². The number of nitrogens with one attached hydrogen (secondary N) is 1. The summed E-state index contributed by atoms with van der Waals surface area (Å²) >= 11 is 0. The van der Waals surface area contributed by atoms with Crippen molar-refractivity contribution in [1.82, 2.24) is 10.2 Å². The number of carboxylic acids is 1. The van der Waals surface area contributed by atoms with Crippen molar-refractivity contribution in [2.75, 3.05) is 0 Å². The van der Waals surface area contributed by atoms with Gasteiger partial charge < -0.3 is 15.2 Å². The molecule has 0 saturated heterocycles. The molecule has 0 spiro atoms. The molecule has 1 heterocycles. The normalized spacial score (nSPS) is 16.4. The van der Waals surface area contributed by atoms with E-state index in [1.54, 1.807) is 0 Å². The summed E-state index contributed by atoms with van der Waals surface area (Å²) in [5.41, 5.74) is 2.75. The maximum Gasteiger partial charge on any atom is 0.411 e. The molecule has 2 aromatic rings. The number of hydrogen-bond donors (Lipinski definition) is 2. The zero-order valence-electron chi connectivity index (χ0n) is 17.8. The lowest BCUT2D eigenvalue weighted by Crippen LogP contribution is -2.55. The highest BCUT2D eigenvalue weighted by Crippen LogP contribution is 2.25. The number of hydrogen-bond acceptors (Lipinski definition) is 4. The third-order valence-corrected chi connectivity index (χ3v) is 5.31. The molecule has 2 aromatic carbocycles. The molecule has 2 N–H and O–H groups in total. The number of carboxylic acid groups (broad SMARTS) is 1. The lowest BCUT2D eigenvalue weighted by molar-refractivity contribution is -0.143. The number of aliphatic carboxylic acids is 1. The molecular formula is C24H28N2O5. The van der Waals surface area contributed by atoms with Crippen LogP contribution >= 0.6 is 0 Å². The Morgan fingerprint density at radius 3 is 2.35 bits per heavy atom. The highest BCUT2D eigenvalue weighted by molar-refractivity contribution is 5.90. The summed E-state index contributed by atoms with van der Waals surface area (Å²) in [6.45, 7) is 4.11. The third-order valence-electron chi connectivity index (χ3n) is 5.31. The molecule has 3 rings (SSSR count). The Bertz CT molecular complexity index is 929. The Kier molecular flexibility index (Phi) is 7.28. The molecule has 1 aliphatic heterocycles. The van der Waals surface area contributed by atoms with Crippen molar-refractivity contribution in [3.05, 3.63) is 71.3 Å². The van der Waals surface area contributed by atoms with Gasteiger partial charge in [-0.3, -0.25) is 9.69 Å². The van der Waals surface area contributed by atoms with Crippen LogP contribution in [0, 0.1) is 5.92 Å². The van der Waals surface area contributed by atoms with E-state index < -0.39 is 30.1 Å². The fourth-order valence-corrected chi connectivity index (χ4v) is 3.71. The molecule has 2 amide bonds. The summed E-state index contributed by atoms with van der Waals surface area (Å²) in [6, 6.07) is 15.1. The second-order valence-electron chi connectivity index (χ2n) is 8.19. The van der Waals surface area contributed by atoms with E-state index in [4.69, 9.17) is 4.74 Å². The second-order valence-corrected chi connectivity index (χ2v) is 8.19. The van der Waals surface area contributed by atoms with Crippen molar-refractivity contribution in [1.29, 1.82) is 0 Å². The number of nitrogens with zero attached hydrogens (tertiary/aromatic N) is 1. The molecule has 0 fully saturated rings. The van der Waals surface area contributed by atoms with E-state index in [9.17, 15) is 19.5 Å². The van der Waals surface area contributed by atoms with Crippen molar-refractivity contribution >= 4 is 18.0 Å². The van der Waals surface area contributed by atoms with E-state index in [0.29, 0.717) is 12.8 Å². The van der Waals surface area contributed by atoms with Gasteiger partial charge in [0.05, 0.1) is 6.54 Å². The highest BCUT2D eigenvalue weighted by Gasteiger charge is 2.37. The lowest BCUT2D eigenvalue weighted by atomic mass is 9.93. The predicted octanol–water partition coefficient (Wildman–Crippen LogP) is 3.37. The molecule has 0 unspecified atom stereocenters. The van der Waals surface area contributed by atoms with Crippen molar-refractivity contribution in [3.63, 3.8) is 0 Å². The number of carbonyl (C=O) groups excluding carboxylic acids is 2. The summed E-state index contributed by atoms with van der Waals surface area (Å²) in [5, 5.41) is 12.1. The smallest absolute Gasteiger partial charge is 0.411 e. The van der Waals surface area contributed by atoms with Gasteiger partial charge in [0.2, 0.25) is 5.91 Å². The summed E-state index contributed by atoms with van der Waals surface area (Å²) in [7, 11) is 0. The van der Waals surface area contributed by atoms with Crippen LogP contribution in [0.15, 0.2) is 54.6 Å². The van der Waals surface area contributed by atoms with Gasteiger partial charge in [-0.25, -0.2) is 9.59 Å². The number of carbonyl (C=O) groups is 3. The van der Waals surface area contributed by atoms with Gasteiger partial charge in [0, 0.05) is 6.42 Å². The zero-order chi connectivity index (χ0) is 22.4. The number of ether oxygens (including phenoxy) is 1. The monoisotopic (exact) mass is 424 g/mol. The van der Waals surface area contributed by atoms with E-state index in [2.05, 4.69) is 5.32 Å². The van der Waals surface area contributed by atoms with Crippen molar-refractivity contribution < 1.29 is 24.2 Å². The maximum absolute atomic E-state index is 13.1. The van der Waals surface area contributed by atoms with Crippen LogP contribution in [0.5, 0.6) is 0 Å². The van der Waals surface area contributed by atoms with Crippen molar-refractivity contribution in [2.24, 2.45) is 5.92 Å². The fraction of sp³-hybridized carbons (Fsp3) is 0.375. The van der Waals surface area contributed by atoms with Gasteiger partial charge in [0.25, 0.3) is 0 Å². The fourth-order valence-electron chi connectivity index (χ4n) is 3.71. The summed E-state index contributed by atoms with van der Waals surface area (Å²) < 4.78 is 5.47. The first-order valence-electron chi connectivity index (χ1n) is 10.4. The minimum absolute atomic E-state index is 0.0945. The van der Waals surface area contributed by atoms with Gasteiger partial charge in [-0.15, -0.1) is 0 Å². The molecule has 7 heteroatoms. The first kappa shape index (κ1) is 22.3. The van der Waals surface area contributed by atoms with E-state index in [1.807, 2.05) is 68.4 Å². The number of fused-ring (bicyclic) bond motifs is 1. The van der Waals surface area contributed by atoms with E-state index in [1.165, 1.54) is 4.90 Å². The number of rotatable bonds is 7. The molecule has 7 nitrogen and oxygen atoms in total. The SMILES string of the molecule is CC(C)C[C@H](NC(=O)[C@@H]1Cc2ccccc2CN1C(=O)OCc1ccccc1)C(=O)O. The number of amides is 2. The largest absolute Gasteiger partial charge is 0.480 e. The van der Waals surface area contributed by atoms with E-state index in [-0.39, 0.29) is 19.1 Å². The van der Waals surface area contributed by atoms with Crippen LogP contribution in [0.1, 0.15) is 37.0 Å². The van der Waals surface area contributed by atoms with Crippen LogP contribution in [-0.2, 0) is 33.9 Å². The molecule has 0 aromatic heterocycles. The van der Waals surface area contributed by atoms with Crippen molar-refractivity contribution in [3.8, 4) is 0 Å². The zero-order valence-corrected chi connectivity index (χ0v) is 17.8. The van der Waals surface area contributed by atoms with Gasteiger partial charge in [-0.05, 0) is 29.0 Å². The molecule has 1 aliphatic rings. The Balaban J connectivity index is 1.78. The lowest BCUT2D eigenvalue weighted by Gasteiger charge is -2.35. The molecule has 31 heavy (non-hydrogen) atoms. The molecule has 0 saturated carbocycles. The number of benzene rings is 2. The van der Waals surface area contributed by atoms with E-state index >= 15 is 0 Å². The van der Waals surface area contributed by atoms with Crippen LogP contribution < -0.4 is 5.32 Å². The molecule has 2 atom stereocenters. The predicted molar refractivity (Wildman–Crippen MR) is 115 cm³/mol. The second kappa shape index (κ2) is 10.1. The molecule has 0 bridgehead atoms. The topological polar surface area (TPSA) is 95.9 Å². The molecule has 0 aliphatic carbocycles. The van der Waals surface area contributed by atoms with Crippen LogP contribution in [-0.4, -0.2) is 40.1 Å². The van der Waals surface area contributed by atoms with Crippen LogP contribution in [0.4, 0.5) is 4.79 Å². The average Bonchev–Trinajstić information content (AvgIpc) is 2.76. The summed E-state index contributed by atoms with van der Waals surface area (Å²) in [6.07, 6.45) is 0.00786. The summed E-state index contributed by atoms with van der Waals surface area (Å²) in [4.78, 5) is 39.0.